The summed E-state index contributed by atoms with van der Waals surface area (Å²) in [5.74, 6) is 0. The van der Waals surface area contributed by atoms with Crippen molar-refractivity contribution in [1.82, 2.24) is 4.98 Å². The summed E-state index contributed by atoms with van der Waals surface area (Å²) in [7, 11) is 0. The van der Waals surface area contributed by atoms with Gasteiger partial charge in [-0.15, -0.1) is 0 Å². The highest BCUT2D eigenvalue weighted by Gasteiger charge is 1.97. The number of halogens is 1. The molecule has 0 fully saturated rings. The van der Waals surface area contributed by atoms with E-state index in [2.05, 4.69) is 22.7 Å². The van der Waals surface area contributed by atoms with Gasteiger partial charge in [-0.3, -0.25) is 0 Å². The van der Waals surface area contributed by atoms with Crippen molar-refractivity contribution in [3.63, 3.8) is 0 Å². The van der Waals surface area contributed by atoms with Crippen molar-refractivity contribution in [2.45, 2.75) is 103 Å². The fourth-order valence-electron chi connectivity index (χ4n) is 2.98. The molecule has 3 heteroatoms. The Balaban J connectivity index is 0.00000484. The van der Waals surface area contributed by atoms with E-state index in [1.807, 2.05) is 18.6 Å². The van der Waals surface area contributed by atoms with Gasteiger partial charge in [0, 0.05) is 6.07 Å². The lowest BCUT2D eigenvalue weighted by molar-refractivity contribution is -0.700. The number of rotatable bonds is 15. The topological polar surface area (TPSA) is 16.8 Å². The summed E-state index contributed by atoms with van der Waals surface area (Å²) in [6, 6.07) is 2.00. The first-order valence-corrected chi connectivity index (χ1v) is 9.72. The van der Waals surface area contributed by atoms with Gasteiger partial charge >= 0.3 is 0 Å². The number of unbranched alkanes of at least 4 members (excludes halogenated alkanes) is 13. The summed E-state index contributed by atoms with van der Waals surface area (Å²) in [4.78, 5) is 4.13. The summed E-state index contributed by atoms with van der Waals surface area (Å²) in [5.41, 5.74) is 0. The van der Waals surface area contributed by atoms with Crippen LogP contribution >= 0.6 is 0 Å². The van der Waals surface area contributed by atoms with Gasteiger partial charge in [0.1, 0.15) is 6.20 Å². The molecule has 0 radical (unpaired) electrons. The van der Waals surface area contributed by atoms with E-state index in [-0.39, 0.29) is 17.0 Å². The fourth-order valence-corrected chi connectivity index (χ4v) is 2.98. The Kier molecular flexibility index (Phi) is 17.6. The van der Waals surface area contributed by atoms with Crippen LogP contribution in [0.3, 0.4) is 0 Å². The molecule has 0 aromatic carbocycles. The first-order chi connectivity index (χ1) is 10.9. The van der Waals surface area contributed by atoms with Gasteiger partial charge in [0.05, 0.1) is 12.7 Å². The molecule has 0 aliphatic rings. The minimum Gasteiger partial charge on any atom is -1.00 e. The van der Waals surface area contributed by atoms with Crippen molar-refractivity contribution in [2.75, 3.05) is 0 Å². The van der Waals surface area contributed by atoms with Crippen LogP contribution in [0.15, 0.2) is 24.8 Å². The molecule has 23 heavy (non-hydrogen) atoms. The maximum absolute atomic E-state index is 4.13. The van der Waals surface area contributed by atoms with Crippen molar-refractivity contribution in [3.8, 4) is 0 Å². The molecule has 0 unspecified atom stereocenters. The van der Waals surface area contributed by atoms with E-state index in [0.717, 1.165) is 6.54 Å². The van der Waals surface area contributed by atoms with Crippen molar-refractivity contribution in [1.29, 1.82) is 0 Å². The lowest BCUT2D eigenvalue weighted by atomic mass is 10.0. The van der Waals surface area contributed by atoms with Crippen LogP contribution < -0.4 is 21.5 Å². The van der Waals surface area contributed by atoms with Gasteiger partial charge in [-0.25, -0.2) is 4.57 Å². The Morgan fingerprint density at radius 1 is 0.696 bits per heavy atom. The molecule has 134 valence electrons. The highest BCUT2D eigenvalue weighted by atomic mass is 79.9. The van der Waals surface area contributed by atoms with Crippen LogP contribution in [-0.2, 0) is 6.54 Å². The number of aryl methyl sites for hydroxylation is 1. The normalized spacial score (nSPS) is 10.5. The summed E-state index contributed by atoms with van der Waals surface area (Å²) < 4.78 is 2.18. The summed E-state index contributed by atoms with van der Waals surface area (Å²) in [6.07, 6.45) is 25.8. The van der Waals surface area contributed by atoms with E-state index in [1.54, 1.807) is 0 Å². The minimum atomic E-state index is 0. The average Bonchev–Trinajstić information content (AvgIpc) is 2.56. The van der Waals surface area contributed by atoms with Gasteiger partial charge in [0.15, 0.2) is 0 Å². The first kappa shape index (κ1) is 22.6. The third-order valence-corrected chi connectivity index (χ3v) is 4.43. The zero-order chi connectivity index (χ0) is 15.7. The highest BCUT2D eigenvalue weighted by molar-refractivity contribution is 4.68. The van der Waals surface area contributed by atoms with Crippen molar-refractivity contribution in [2.24, 2.45) is 0 Å². The predicted molar refractivity (Wildman–Crippen MR) is 94.7 cm³/mol. The molecule has 1 heterocycles. The molecule has 0 amide bonds. The van der Waals surface area contributed by atoms with Crippen LogP contribution in [-0.4, -0.2) is 4.98 Å². The third kappa shape index (κ3) is 14.9. The standard InChI is InChI=1S/C20H37N2.BrH/c1-2-3-4-5-6-7-8-9-10-11-12-13-14-15-18-22-19-16-17-21-20-22;/h16-17,19-20H,2-15,18H2,1H3;1H/q+1;/p-1. The summed E-state index contributed by atoms with van der Waals surface area (Å²) in [5, 5.41) is 0. The number of aromatic nitrogens is 2. The number of hydrogen-bond acceptors (Lipinski definition) is 1. The van der Waals surface area contributed by atoms with Crippen LogP contribution in [0.1, 0.15) is 96.8 Å². The van der Waals surface area contributed by atoms with Crippen molar-refractivity contribution < 1.29 is 21.5 Å². The SMILES string of the molecule is CCCCCCCCCCCCCCCC[n+]1cccnc1.[Br-]. The Hall–Kier alpha value is -0.440. The zero-order valence-electron chi connectivity index (χ0n) is 15.2. The lowest BCUT2D eigenvalue weighted by Crippen LogP contribution is -3.00. The lowest BCUT2D eigenvalue weighted by Gasteiger charge is -2.03. The van der Waals surface area contributed by atoms with E-state index in [9.17, 15) is 0 Å². The second-order valence-corrected chi connectivity index (χ2v) is 6.59. The smallest absolute Gasteiger partial charge is 0.286 e. The second kappa shape index (κ2) is 17.9. The second-order valence-electron chi connectivity index (χ2n) is 6.59. The predicted octanol–water partition coefficient (Wildman–Crippen LogP) is 2.85. The molecular weight excluding hydrogens is 348 g/mol. The van der Waals surface area contributed by atoms with Gasteiger partial charge in [-0.05, 0) is 12.8 Å². The quantitative estimate of drug-likeness (QED) is 0.335. The first-order valence-electron chi connectivity index (χ1n) is 9.72. The summed E-state index contributed by atoms with van der Waals surface area (Å²) in [6.45, 7) is 3.41. The van der Waals surface area contributed by atoms with E-state index in [1.165, 1.54) is 89.9 Å². The van der Waals surface area contributed by atoms with Crippen molar-refractivity contribution >= 4 is 0 Å². The van der Waals surface area contributed by atoms with Gasteiger partial charge in [0.2, 0.25) is 0 Å². The Bertz CT molecular complexity index is 330. The van der Waals surface area contributed by atoms with Gasteiger partial charge in [-0.1, -0.05) is 89.0 Å². The Labute approximate surface area is 154 Å². The van der Waals surface area contributed by atoms with E-state index in [0.29, 0.717) is 0 Å². The van der Waals surface area contributed by atoms with E-state index in [4.69, 9.17) is 0 Å². The Morgan fingerprint density at radius 2 is 1.17 bits per heavy atom. The van der Waals surface area contributed by atoms with Crippen LogP contribution in [0.25, 0.3) is 0 Å². The molecular formula is C20H37BrN2. The summed E-state index contributed by atoms with van der Waals surface area (Å²) >= 11 is 0. The number of nitrogens with zero attached hydrogens (tertiary/aromatic N) is 2. The Morgan fingerprint density at radius 3 is 1.61 bits per heavy atom. The molecule has 1 aromatic heterocycles. The molecule has 0 spiro atoms. The molecule has 1 aromatic rings. The maximum Gasteiger partial charge on any atom is 0.286 e. The van der Waals surface area contributed by atoms with Gasteiger partial charge < -0.3 is 17.0 Å². The number of hydrogen-bond donors (Lipinski definition) is 0. The monoisotopic (exact) mass is 384 g/mol. The van der Waals surface area contributed by atoms with Crippen LogP contribution in [0.5, 0.6) is 0 Å². The molecule has 0 aliphatic carbocycles. The molecule has 2 nitrogen and oxygen atoms in total. The van der Waals surface area contributed by atoms with Crippen LogP contribution in [0.4, 0.5) is 0 Å². The third-order valence-electron chi connectivity index (χ3n) is 4.43. The largest absolute Gasteiger partial charge is 1.00 e. The van der Waals surface area contributed by atoms with Crippen LogP contribution in [0, 0.1) is 0 Å². The molecule has 0 aliphatic heterocycles. The van der Waals surface area contributed by atoms with Crippen LogP contribution in [0.2, 0.25) is 0 Å². The molecule has 0 bridgehead atoms. The van der Waals surface area contributed by atoms with E-state index >= 15 is 0 Å². The molecule has 1 rings (SSSR count). The fraction of sp³-hybridized carbons (Fsp3) is 0.800. The molecule has 0 saturated heterocycles. The average molecular weight is 385 g/mol. The maximum atomic E-state index is 4.13. The highest BCUT2D eigenvalue weighted by Crippen LogP contribution is 2.12. The molecule has 0 N–H and O–H groups in total. The van der Waals surface area contributed by atoms with E-state index < -0.39 is 0 Å². The molecule has 0 atom stereocenters. The van der Waals surface area contributed by atoms with Crippen molar-refractivity contribution in [3.05, 3.63) is 24.8 Å². The zero-order valence-corrected chi connectivity index (χ0v) is 16.8. The molecule has 0 saturated carbocycles. The van der Waals surface area contributed by atoms with Gasteiger partial charge in [0.25, 0.3) is 6.33 Å². The van der Waals surface area contributed by atoms with Gasteiger partial charge in [-0.2, -0.15) is 0 Å². The minimum absolute atomic E-state index is 0.